The Balaban J connectivity index is 2.11. The molecular formula is C12H12ClN5O3. The van der Waals surface area contributed by atoms with Gasteiger partial charge in [0.15, 0.2) is 5.69 Å². The maximum absolute atomic E-state index is 11.9. The van der Waals surface area contributed by atoms with E-state index >= 15 is 0 Å². The molecule has 4 N–H and O–H groups in total. The molecule has 2 rings (SSSR count). The van der Waals surface area contributed by atoms with Gasteiger partial charge in [0.1, 0.15) is 6.54 Å². The monoisotopic (exact) mass is 309 g/mol. The van der Waals surface area contributed by atoms with E-state index in [2.05, 4.69) is 15.6 Å². The number of carbonyl (C=O) groups excluding carboxylic acids is 1. The van der Waals surface area contributed by atoms with Crippen LogP contribution in [0.2, 0.25) is 5.02 Å². The number of amides is 1. The van der Waals surface area contributed by atoms with E-state index in [9.17, 15) is 9.59 Å². The van der Waals surface area contributed by atoms with Crippen LogP contribution in [-0.2, 0) is 17.9 Å². The van der Waals surface area contributed by atoms with Crippen LogP contribution in [0, 0.1) is 0 Å². The summed E-state index contributed by atoms with van der Waals surface area (Å²) in [5, 5.41) is 19.2. The third-order valence-electron chi connectivity index (χ3n) is 2.64. The molecule has 0 saturated heterocycles. The molecule has 0 aliphatic heterocycles. The van der Waals surface area contributed by atoms with Crippen LogP contribution in [0.1, 0.15) is 16.2 Å². The van der Waals surface area contributed by atoms with Crippen LogP contribution < -0.4 is 11.1 Å². The Labute approximate surface area is 124 Å². The number of nitrogens with one attached hydrogen (secondary N) is 1. The van der Waals surface area contributed by atoms with Crippen LogP contribution in [0.15, 0.2) is 24.3 Å². The summed E-state index contributed by atoms with van der Waals surface area (Å²) in [5.41, 5.74) is 5.92. The van der Waals surface area contributed by atoms with Crippen molar-refractivity contribution in [3.05, 3.63) is 40.7 Å². The lowest BCUT2D eigenvalue weighted by Gasteiger charge is -2.07. The molecule has 0 aliphatic rings. The lowest BCUT2D eigenvalue weighted by molar-refractivity contribution is -0.117. The number of hydrogen-bond donors (Lipinski definition) is 3. The largest absolute Gasteiger partial charge is 0.476 e. The molecular weight excluding hydrogens is 298 g/mol. The van der Waals surface area contributed by atoms with Gasteiger partial charge in [-0.25, -0.2) is 9.48 Å². The van der Waals surface area contributed by atoms with Gasteiger partial charge in [0.05, 0.1) is 5.69 Å². The summed E-state index contributed by atoms with van der Waals surface area (Å²) in [6.45, 7) is -0.279. The third-order valence-corrected chi connectivity index (χ3v) is 2.87. The minimum atomic E-state index is -1.24. The lowest BCUT2D eigenvalue weighted by Crippen LogP contribution is -2.22. The molecule has 0 atom stereocenters. The first kappa shape index (κ1) is 14.9. The fourth-order valence-electron chi connectivity index (χ4n) is 1.73. The van der Waals surface area contributed by atoms with Crippen molar-refractivity contribution < 1.29 is 14.7 Å². The molecule has 8 nitrogen and oxygen atoms in total. The van der Waals surface area contributed by atoms with Crippen LogP contribution in [0.25, 0.3) is 0 Å². The summed E-state index contributed by atoms with van der Waals surface area (Å²) in [6, 6.07) is 6.65. The highest BCUT2D eigenvalue weighted by molar-refractivity contribution is 6.30. The molecule has 1 aromatic heterocycles. The van der Waals surface area contributed by atoms with E-state index in [0.29, 0.717) is 10.7 Å². The molecule has 0 radical (unpaired) electrons. The van der Waals surface area contributed by atoms with Crippen molar-refractivity contribution >= 4 is 29.2 Å². The first-order chi connectivity index (χ1) is 10.0. The highest BCUT2D eigenvalue weighted by Crippen LogP contribution is 2.15. The van der Waals surface area contributed by atoms with Gasteiger partial charge in [-0.1, -0.05) is 22.9 Å². The Morgan fingerprint density at radius 1 is 1.43 bits per heavy atom. The van der Waals surface area contributed by atoms with Crippen LogP contribution in [0.5, 0.6) is 0 Å². The summed E-state index contributed by atoms with van der Waals surface area (Å²) in [4.78, 5) is 22.8. The number of nitrogens with zero attached hydrogens (tertiary/aromatic N) is 3. The number of halogens is 1. The molecule has 1 aromatic carbocycles. The van der Waals surface area contributed by atoms with Crippen molar-refractivity contribution in [2.75, 3.05) is 5.32 Å². The Bertz CT molecular complexity index is 685. The van der Waals surface area contributed by atoms with Gasteiger partial charge in [-0.15, -0.1) is 5.10 Å². The summed E-state index contributed by atoms with van der Waals surface area (Å²) < 4.78 is 1.16. The van der Waals surface area contributed by atoms with E-state index in [1.807, 2.05) is 0 Å². The van der Waals surface area contributed by atoms with Crippen molar-refractivity contribution in [1.82, 2.24) is 15.0 Å². The average Bonchev–Trinajstić information content (AvgIpc) is 2.81. The van der Waals surface area contributed by atoms with E-state index in [4.69, 9.17) is 22.4 Å². The van der Waals surface area contributed by atoms with Gasteiger partial charge >= 0.3 is 5.97 Å². The summed E-state index contributed by atoms with van der Waals surface area (Å²) in [6.07, 6.45) is 0. The van der Waals surface area contributed by atoms with Crippen LogP contribution in [0.3, 0.4) is 0 Å². The predicted octanol–water partition coefficient (Wildman–Crippen LogP) is 0.727. The minimum Gasteiger partial charge on any atom is -0.476 e. The van der Waals surface area contributed by atoms with Gasteiger partial charge in [0.25, 0.3) is 0 Å². The Kier molecular flexibility index (Phi) is 4.51. The summed E-state index contributed by atoms with van der Waals surface area (Å²) in [5.74, 6) is -1.63. The number of hydrogen-bond acceptors (Lipinski definition) is 5. The van der Waals surface area contributed by atoms with Crippen molar-refractivity contribution in [2.24, 2.45) is 5.73 Å². The fraction of sp³-hybridized carbons (Fsp3) is 0.167. The van der Waals surface area contributed by atoms with Gasteiger partial charge in [-0.2, -0.15) is 0 Å². The van der Waals surface area contributed by atoms with Crippen LogP contribution >= 0.6 is 11.6 Å². The Hall–Kier alpha value is -2.45. The number of nitrogens with two attached hydrogens (primary N) is 1. The maximum atomic E-state index is 11.9. The number of aromatic carboxylic acids is 1. The summed E-state index contributed by atoms with van der Waals surface area (Å²) in [7, 11) is 0. The topological polar surface area (TPSA) is 123 Å². The molecule has 1 heterocycles. The molecule has 110 valence electrons. The van der Waals surface area contributed by atoms with Crippen molar-refractivity contribution in [3.8, 4) is 0 Å². The van der Waals surface area contributed by atoms with Crippen molar-refractivity contribution in [2.45, 2.75) is 13.1 Å². The smallest absolute Gasteiger partial charge is 0.358 e. The molecule has 21 heavy (non-hydrogen) atoms. The van der Waals surface area contributed by atoms with Gasteiger partial charge in [0.2, 0.25) is 5.91 Å². The number of carboxylic acid groups (broad SMARTS) is 1. The van der Waals surface area contributed by atoms with E-state index in [1.54, 1.807) is 24.3 Å². The second-order valence-corrected chi connectivity index (χ2v) is 4.55. The predicted molar refractivity (Wildman–Crippen MR) is 75.0 cm³/mol. The zero-order chi connectivity index (χ0) is 15.4. The summed E-state index contributed by atoms with van der Waals surface area (Å²) >= 11 is 5.81. The number of carboxylic acids is 1. The highest BCUT2D eigenvalue weighted by Gasteiger charge is 2.19. The fourth-order valence-corrected chi connectivity index (χ4v) is 1.92. The van der Waals surface area contributed by atoms with Crippen molar-refractivity contribution in [3.63, 3.8) is 0 Å². The second kappa shape index (κ2) is 6.33. The molecule has 0 aliphatic carbocycles. The average molecular weight is 310 g/mol. The second-order valence-electron chi connectivity index (χ2n) is 4.11. The van der Waals surface area contributed by atoms with E-state index in [0.717, 1.165) is 4.68 Å². The standard InChI is InChI=1S/C12H12ClN5O3/c13-7-2-1-3-8(4-7)15-10(19)6-18-9(5-14)11(12(20)21)16-17-18/h1-4H,5-6,14H2,(H,15,19)(H,20,21). The number of benzene rings is 1. The molecule has 2 aromatic rings. The van der Waals surface area contributed by atoms with Gasteiger partial charge in [-0.3, -0.25) is 4.79 Å². The van der Waals surface area contributed by atoms with E-state index in [1.165, 1.54) is 0 Å². The SMILES string of the molecule is NCc1c(C(=O)O)nnn1CC(=O)Nc1cccc(Cl)c1. The quantitative estimate of drug-likeness (QED) is 0.748. The van der Waals surface area contributed by atoms with Gasteiger partial charge in [-0.05, 0) is 18.2 Å². The molecule has 0 fully saturated rings. The Morgan fingerprint density at radius 3 is 2.81 bits per heavy atom. The van der Waals surface area contributed by atoms with Gasteiger partial charge < -0.3 is 16.2 Å². The number of aromatic nitrogens is 3. The third kappa shape index (κ3) is 3.56. The molecule has 0 bridgehead atoms. The molecule has 9 heteroatoms. The van der Waals surface area contributed by atoms with Crippen LogP contribution in [0.4, 0.5) is 5.69 Å². The molecule has 0 unspecified atom stereocenters. The number of rotatable bonds is 5. The zero-order valence-corrected chi connectivity index (χ0v) is 11.5. The van der Waals surface area contributed by atoms with E-state index < -0.39 is 11.9 Å². The van der Waals surface area contributed by atoms with E-state index in [-0.39, 0.29) is 24.5 Å². The Morgan fingerprint density at radius 2 is 2.19 bits per heavy atom. The highest BCUT2D eigenvalue weighted by atomic mass is 35.5. The lowest BCUT2D eigenvalue weighted by atomic mass is 10.3. The normalized spacial score (nSPS) is 10.4. The molecule has 0 spiro atoms. The van der Waals surface area contributed by atoms with Crippen LogP contribution in [-0.4, -0.2) is 32.0 Å². The number of anilines is 1. The number of carbonyl (C=O) groups is 2. The zero-order valence-electron chi connectivity index (χ0n) is 10.8. The molecule has 1 amide bonds. The van der Waals surface area contributed by atoms with Gasteiger partial charge in [0, 0.05) is 17.3 Å². The first-order valence-corrected chi connectivity index (χ1v) is 6.30. The molecule has 0 saturated carbocycles. The van der Waals surface area contributed by atoms with Crippen molar-refractivity contribution in [1.29, 1.82) is 0 Å². The minimum absolute atomic E-state index is 0.0842. The maximum Gasteiger partial charge on any atom is 0.358 e. The first-order valence-electron chi connectivity index (χ1n) is 5.92.